The van der Waals surface area contributed by atoms with E-state index in [4.69, 9.17) is 4.74 Å². The molecule has 1 saturated heterocycles. The second-order valence-electron chi connectivity index (χ2n) is 5.93. The maximum absolute atomic E-state index is 5.51. The number of likely N-dealkylation sites (tertiary alicyclic amines) is 1. The van der Waals surface area contributed by atoms with Crippen molar-refractivity contribution in [2.24, 2.45) is 0 Å². The van der Waals surface area contributed by atoms with E-state index in [0.717, 1.165) is 31.8 Å². The van der Waals surface area contributed by atoms with Crippen molar-refractivity contribution in [1.82, 2.24) is 9.88 Å². The lowest BCUT2D eigenvalue weighted by atomic mass is 9.88. The standard InChI is InChI=1S/C19H24N2O/c1-22-19-8-3-2-7-18(19)16-9-13-21(14-10-16)15-11-17-6-4-5-12-20-17/h2-8,12,16H,9-11,13-15H2,1H3. The average molecular weight is 296 g/mol. The van der Waals surface area contributed by atoms with Gasteiger partial charge < -0.3 is 9.64 Å². The SMILES string of the molecule is COc1ccccc1C1CCN(CCc2ccccn2)CC1. The van der Waals surface area contributed by atoms with Crippen LogP contribution in [0.25, 0.3) is 0 Å². The molecule has 0 bridgehead atoms. The summed E-state index contributed by atoms with van der Waals surface area (Å²) in [5.41, 5.74) is 2.56. The van der Waals surface area contributed by atoms with E-state index >= 15 is 0 Å². The molecule has 0 amide bonds. The Morgan fingerprint density at radius 3 is 2.59 bits per heavy atom. The Labute approximate surface area is 132 Å². The molecule has 3 heteroatoms. The highest BCUT2D eigenvalue weighted by Crippen LogP contribution is 2.33. The van der Waals surface area contributed by atoms with Crippen LogP contribution in [0, 0.1) is 0 Å². The van der Waals surface area contributed by atoms with Gasteiger partial charge in [-0.05, 0) is 55.6 Å². The number of hydrogen-bond donors (Lipinski definition) is 0. The predicted octanol–water partition coefficient (Wildman–Crippen LogP) is 3.51. The Balaban J connectivity index is 1.52. The molecule has 0 atom stereocenters. The van der Waals surface area contributed by atoms with Crippen molar-refractivity contribution >= 4 is 0 Å². The summed E-state index contributed by atoms with van der Waals surface area (Å²) in [6, 6.07) is 14.6. The minimum absolute atomic E-state index is 0.627. The molecular weight excluding hydrogens is 272 g/mol. The van der Waals surface area contributed by atoms with Crippen LogP contribution < -0.4 is 4.74 Å². The summed E-state index contributed by atoms with van der Waals surface area (Å²) in [6.45, 7) is 3.43. The maximum atomic E-state index is 5.51. The van der Waals surface area contributed by atoms with Crippen LogP contribution in [0.2, 0.25) is 0 Å². The van der Waals surface area contributed by atoms with Crippen LogP contribution in [0.3, 0.4) is 0 Å². The third-order valence-corrected chi connectivity index (χ3v) is 4.58. The zero-order chi connectivity index (χ0) is 15.2. The normalized spacial score (nSPS) is 16.6. The van der Waals surface area contributed by atoms with Crippen molar-refractivity contribution in [3.63, 3.8) is 0 Å². The lowest BCUT2D eigenvalue weighted by molar-refractivity contribution is 0.212. The van der Waals surface area contributed by atoms with Gasteiger partial charge in [0.2, 0.25) is 0 Å². The Morgan fingerprint density at radius 1 is 1.09 bits per heavy atom. The Hall–Kier alpha value is -1.87. The number of nitrogens with zero attached hydrogens (tertiary/aromatic N) is 2. The van der Waals surface area contributed by atoms with Gasteiger partial charge in [-0.25, -0.2) is 0 Å². The second-order valence-corrected chi connectivity index (χ2v) is 5.93. The molecule has 1 aromatic heterocycles. The minimum atomic E-state index is 0.627. The first-order valence-corrected chi connectivity index (χ1v) is 8.12. The number of pyridine rings is 1. The van der Waals surface area contributed by atoms with Gasteiger partial charge in [0.15, 0.2) is 0 Å². The lowest BCUT2D eigenvalue weighted by Crippen LogP contribution is -2.34. The van der Waals surface area contributed by atoms with Gasteiger partial charge in [0.1, 0.15) is 5.75 Å². The van der Waals surface area contributed by atoms with Gasteiger partial charge >= 0.3 is 0 Å². The maximum Gasteiger partial charge on any atom is 0.122 e. The van der Waals surface area contributed by atoms with Crippen LogP contribution in [-0.4, -0.2) is 36.6 Å². The highest BCUT2D eigenvalue weighted by Gasteiger charge is 2.22. The number of piperidine rings is 1. The number of ether oxygens (including phenoxy) is 1. The van der Waals surface area contributed by atoms with Crippen molar-refractivity contribution in [2.75, 3.05) is 26.7 Å². The lowest BCUT2D eigenvalue weighted by Gasteiger charge is -2.32. The molecule has 3 rings (SSSR count). The monoisotopic (exact) mass is 296 g/mol. The van der Waals surface area contributed by atoms with Crippen LogP contribution in [0.5, 0.6) is 5.75 Å². The Morgan fingerprint density at radius 2 is 1.86 bits per heavy atom. The molecule has 116 valence electrons. The van der Waals surface area contributed by atoms with E-state index in [0.29, 0.717) is 5.92 Å². The smallest absolute Gasteiger partial charge is 0.122 e. The minimum Gasteiger partial charge on any atom is -0.496 e. The highest BCUT2D eigenvalue weighted by molar-refractivity contribution is 5.36. The Bertz CT molecular complexity index is 577. The van der Waals surface area contributed by atoms with E-state index in [9.17, 15) is 0 Å². The zero-order valence-electron chi connectivity index (χ0n) is 13.2. The van der Waals surface area contributed by atoms with Crippen molar-refractivity contribution in [3.05, 3.63) is 59.9 Å². The molecule has 1 fully saturated rings. The van der Waals surface area contributed by atoms with Crippen molar-refractivity contribution < 1.29 is 4.74 Å². The van der Waals surface area contributed by atoms with E-state index in [-0.39, 0.29) is 0 Å². The number of methoxy groups -OCH3 is 1. The van der Waals surface area contributed by atoms with E-state index in [1.165, 1.54) is 24.1 Å². The summed E-state index contributed by atoms with van der Waals surface area (Å²) in [6.07, 6.45) is 5.34. The summed E-state index contributed by atoms with van der Waals surface area (Å²) in [7, 11) is 1.76. The fourth-order valence-electron chi connectivity index (χ4n) is 3.29. The van der Waals surface area contributed by atoms with Crippen molar-refractivity contribution in [2.45, 2.75) is 25.2 Å². The summed E-state index contributed by atoms with van der Waals surface area (Å²) >= 11 is 0. The van der Waals surface area contributed by atoms with Crippen LogP contribution in [-0.2, 0) is 6.42 Å². The average Bonchev–Trinajstić information content (AvgIpc) is 2.61. The fraction of sp³-hybridized carbons (Fsp3) is 0.421. The molecule has 0 saturated carbocycles. The van der Waals surface area contributed by atoms with Gasteiger partial charge in [0.05, 0.1) is 7.11 Å². The number of para-hydroxylation sites is 1. The van der Waals surface area contributed by atoms with E-state index in [1.54, 1.807) is 7.11 Å². The molecule has 2 heterocycles. The fourth-order valence-corrected chi connectivity index (χ4v) is 3.29. The number of aromatic nitrogens is 1. The first-order chi connectivity index (χ1) is 10.9. The van der Waals surface area contributed by atoms with E-state index in [2.05, 4.69) is 40.2 Å². The van der Waals surface area contributed by atoms with Gasteiger partial charge in [0, 0.05) is 24.9 Å². The third kappa shape index (κ3) is 3.66. The summed E-state index contributed by atoms with van der Waals surface area (Å²) in [4.78, 5) is 6.96. The van der Waals surface area contributed by atoms with E-state index < -0.39 is 0 Å². The largest absolute Gasteiger partial charge is 0.496 e. The van der Waals surface area contributed by atoms with Gasteiger partial charge in [-0.2, -0.15) is 0 Å². The number of rotatable bonds is 5. The molecule has 3 nitrogen and oxygen atoms in total. The molecule has 22 heavy (non-hydrogen) atoms. The summed E-state index contributed by atoms with van der Waals surface area (Å²) in [5, 5.41) is 0. The molecule has 0 aliphatic carbocycles. The molecule has 0 spiro atoms. The molecule has 0 radical (unpaired) electrons. The van der Waals surface area contributed by atoms with Gasteiger partial charge in [0.25, 0.3) is 0 Å². The van der Waals surface area contributed by atoms with Crippen LogP contribution in [0.15, 0.2) is 48.7 Å². The van der Waals surface area contributed by atoms with E-state index in [1.807, 2.05) is 18.3 Å². The Kier molecular flexibility index (Phi) is 5.07. The molecular formula is C19H24N2O. The quantitative estimate of drug-likeness (QED) is 0.844. The van der Waals surface area contributed by atoms with Gasteiger partial charge in [-0.3, -0.25) is 4.98 Å². The number of hydrogen-bond acceptors (Lipinski definition) is 3. The summed E-state index contributed by atoms with van der Waals surface area (Å²) in [5.74, 6) is 1.66. The molecule has 1 aliphatic heterocycles. The van der Waals surface area contributed by atoms with Crippen LogP contribution in [0.1, 0.15) is 30.0 Å². The van der Waals surface area contributed by atoms with Gasteiger partial charge in [-0.1, -0.05) is 24.3 Å². The van der Waals surface area contributed by atoms with Crippen LogP contribution in [0.4, 0.5) is 0 Å². The summed E-state index contributed by atoms with van der Waals surface area (Å²) < 4.78 is 5.51. The zero-order valence-corrected chi connectivity index (χ0v) is 13.2. The first kappa shape index (κ1) is 15.0. The third-order valence-electron chi connectivity index (χ3n) is 4.58. The molecule has 1 aromatic carbocycles. The first-order valence-electron chi connectivity index (χ1n) is 8.12. The van der Waals surface area contributed by atoms with Gasteiger partial charge in [-0.15, -0.1) is 0 Å². The van der Waals surface area contributed by atoms with Crippen molar-refractivity contribution in [1.29, 1.82) is 0 Å². The molecule has 0 unspecified atom stereocenters. The van der Waals surface area contributed by atoms with Crippen LogP contribution >= 0.6 is 0 Å². The topological polar surface area (TPSA) is 25.4 Å². The number of benzene rings is 1. The predicted molar refractivity (Wildman–Crippen MR) is 89.4 cm³/mol. The molecule has 2 aromatic rings. The second kappa shape index (κ2) is 7.41. The highest BCUT2D eigenvalue weighted by atomic mass is 16.5. The van der Waals surface area contributed by atoms with Crippen molar-refractivity contribution in [3.8, 4) is 5.75 Å². The molecule has 1 aliphatic rings. The molecule has 0 N–H and O–H groups in total.